The minimum absolute atomic E-state index is 0.157. The number of hydrogen-bond donors (Lipinski definition) is 1. The summed E-state index contributed by atoms with van der Waals surface area (Å²) >= 11 is 13.1. The van der Waals surface area contributed by atoms with E-state index in [4.69, 9.17) is 37.4 Å². The number of allylic oxidation sites excluding steroid dienone is 2. The van der Waals surface area contributed by atoms with Crippen LogP contribution in [0.3, 0.4) is 0 Å². The molecule has 8 heteroatoms. The molecule has 1 atom stereocenters. The summed E-state index contributed by atoms with van der Waals surface area (Å²) < 4.78 is 17.1. The lowest BCUT2D eigenvalue weighted by Gasteiger charge is -2.29. The van der Waals surface area contributed by atoms with Crippen LogP contribution < -0.4 is 14.8 Å². The number of hydrogen-bond acceptors (Lipinski definition) is 6. The summed E-state index contributed by atoms with van der Waals surface area (Å²) in [5.74, 6) is -0.680. The fourth-order valence-corrected chi connectivity index (χ4v) is 5.43. The number of fused-ring (bicyclic) bond motifs is 2. The smallest absolute Gasteiger partial charge is 0.336 e. The van der Waals surface area contributed by atoms with Crippen LogP contribution in [0.2, 0.25) is 10.0 Å². The van der Waals surface area contributed by atoms with Crippen LogP contribution in [-0.4, -0.2) is 25.5 Å². The maximum absolute atomic E-state index is 13.7. The Kier molecular flexibility index (Phi) is 7.19. The largest absolute Gasteiger partial charge is 0.490 e. The van der Waals surface area contributed by atoms with Crippen LogP contribution in [0, 0.1) is 0 Å². The summed E-state index contributed by atoms with van der Waals surface area (Å²) in [4.78, 5) is 26.7. The van der Waals surface area contributed by atoms with E-state index in [9.17, 15) is 9.59 Å². The Labute approximate surface area is 230 Å². The summed E-state index contributed by atoms with van der Waals surface area (Å²) in [5.41, 5.74) is 4.83. The molecular weight excluding hydrogens is 525 g/mol. The molecule has 194 valence electrons. The van der Waals surface area contributed by atoms with Crippen LogP contribution in [0.4, 0.5) is 0 Å². The lowest BCUT2D eigenvalue weighted by Crippen LogP contribution is -2.29. The number of dihydropyridines is 1. The van der Waals surface area contributed by atoms with E-state index in [-0.39, 0.29) is 17.4 Å². The molecule has 0 amide bonds. The highest BCUT2D eigenvalue weighted by Gasteiger charge is 2.43. The molecule has 0 unspecified atom stereocenters. The van der Waals surface area contributed by atoms with Crippen molar-refractivity contribution in [3.8, 4) is 11.5 Å². The van der Waals surface area contributed by atoms with E-state index < -0.39 is 11.9 Å². The predicted octanol–water partition coefficient (Wildman–Crippen LogP) is 6.71. The molecule has 1 aliphatic heterocycles. The van der Waals surface area contributed by atoms with E-state index in [1.165, 1.54) is 7.11 Å². The molecule has 1 N–H and O–H groups in total. The van der Waals surface area contributed by atoms with Crippen LogP contribution in [-0.2, 0) is 16.1 Å². The second-order valence-corrected chi connectivity index (χ2v) is 9.71. The Morgan fingerprint density at radius 1 is 0.974 bits per heavy atom. The average Bonchev–Trinajstić information content (AvgIpc) is 3.19. The molecule has 5 rings (SSSR count). The van der Waals surface area contributed by atoms with Crippen molar-refractivity contribution in [1.29, 1.82) is 0 Å². The van der Waals surface area contributed by atoms with Crippen molar-refractivity contribution in [2.45, 2.75) is 26.4 Å². The van der Waals surface area contributed by atoms with Gasteiger partial charge in [-0.25, -0.2) is 4.79 Å². The highest BCUT2D eigenvalue weighted by atomic mass is 35.5. The third kappa shape index (κ3) is 4.44. The number of methoxy groups -OCH3 is 1. The molecule has 1 aliphatic carbocycles. The summed E-state index contributed by atoms with van der Waals surface area (Å²) in [5, 5.41) is 4.14. The molecule has 0 saturated heterocycles. The Morgan fingerprint density at radius 3 is 2.39 bits per heavy atom. The van der Waals surface area contributed by atoms with Gasteiger partial charge >= 0.3 is 5.97 Å². The highest BCUT2D eigenvalue weighted by Crippen LogP contribution is 2.49. The highest BCUT2D eigenvalue weighted by molar-refractivity contribution is 6.32. The fraction of sp³-hybridized carbons (Fsp3) is 0.200. The van der Waals surface area contributed by atoms with Crippen LogP contribution in [0.5, 0.6) is 11.5 Å². The van der Waals surface area contributed by atoms with Crippen molar-refractivity contribution in [3.63, 3.8) is 0 Å². The third-order valence-corrected chi connectivity index (χ3v) is 7.30. The maximum atomic E-state index is 13.7. The molecule has 0 saturated carbocycles. The topological polar surface area (TPSA) is 73.9 Å². The Balaban J connectivity index is 1.63. The molecule has 2 aliphatic rings. The molecule has 3 aromatic carbocycles. The monoisotopic (exact) mass is 549 g/mol. The number of ketones is 1. The SMILES string of the molecule is CCOc1cc([C@@H]2C(C(=O)OC)=C(C)NC3=C2C(=O)c2ccccc23)cc(Cl)c1OCc1ccccc1Cl. The molecule has 0 radical (unpaired) electrons. The number of halogens is 2. The Morgan fingerprint density at radius 2 is 1.68 bits per heavy atom. The van der Waals surface area contributed by atoms with Gasteiger partial charge in [-0.2, -0.15) is 0 Å². The van der Waals surface area contributed by atoms with Crippen molar-refractivity contribution in [1.82, 2.24) is 5.32 Å². The van der Waals surface area contributed by atoms with Gasteiger partial charge in [-0.05, 0) is 37.6 Å². The number of benzene rings is 3. The second kappa shape index (κ2) is 10.6. The number of esters is 1. The first-order valence-corrected chi connectivity index (χ1v) is 12.9. The van der Waals surface area contributed by atoms with Crippen LogP contribution in [0.15, 0.2) is 77.5 Å². The minimum Gasteiger partial charge on any atom is -0.490 e. The van der Waals surface area contributed by atoms with E-state index >= 15 is 0 Å². The van der Waals surface area contributed by atoms with Gasteiger partial charge in [-0.3, -0.25) is 4.79 Å². The zero-order valence-corrected chi connectivity index (χ0v) is 22.6. The molecule has 0 aromatic heterocycles. The van der Waals surface area contributed by atoms with Crippen molar-refractivity contribution < 1.29 is 23.8 Å². The lowest BCUT2D eigenvalue weighted by atomic mass is 9.79. The quantitative estimate of drug-likeness (QED) is 0.330. The van der Waals surface area contributed by atoms with Crippen LogP contribution in [0.25, 0.3) is 5.70 Å². The minimum atomic E-state index is -0.729. The molecule has 3 aromatic rings. The van der Waals surface area contributed by atoms with Gasteiger partial charge in [-0.1, -0.05) is 65.7 Å². The first-order chi connectivity index (χ1) is 18.3. The van der Waals surface area contributed by atoms with Crippen molar-refractivity contribution in [2.24, 2.45) is 0 Å². The van der Waals surface area contributed by atoms with E-state index in [0.29, 0.717) is 56.8 Å². The number of ether oxygens (including phenoxy) is 3. The van der Waals surface area contributed by atoms with E-state index in [1.54, 1.807) is 31.2 Å². The zero-order chi connectivity index (χ0) is 27.0. The summed E-state index contributed by atoms with van der Waals surface area (Å²) in [6, 6.07) is 18.2. The van der Waals surface area contributed by atoms with Crippen molar-refractivity contribution in [2.75, 3.05) is 13.7 Å². The first kappa shape index (κ1) is 25.9. The average molecular weight is 550 g/mol. The number of Topliss-reactive ketones (excluding diaryl/α,β-unsaturated/α-hetero) is 1. The molecule has 38 heavy (non-hydrogen) atoms. The zero-order valence-electron chi connectivity index (χ0n) is 21.1. The summed E-state index contributed by atoms with van der Waals surface area (Å²) in [6.07, 6.45) is 0. The number of nitrogens with one attached hydrogen (secondary N) is 1. The normalized spacial score (nSPS) is 16.1. The first-order valence-electron chi connectivity index (χ1n) is 12.1. The lowest BCUT2D eigenvalue weighted by molar-refractivity contribution is -0.136. The van der Waals surface area contributed by atoms with Gasteiger partial charge in [0, 0.05) is 38.9 Å². The molecular formula is C30H25Cl2NO5. The van der Waals surface area contributed by atoms with Crippen LogP contribution >= 0.6 is 23.2 Å². The molecule has 0 fully saturated rings. The van der Waals surface area contributed by atoms with Gasteiger partial charge in [0.25, 0.3) is 0 Å². The van der Waals surface area contributed by atoms with Gasteiger partial charge in [0.1, 0.15) is 6.61 Å². The van der Waals surface area contributed by atoms with E-state index in [0.717, 1.165) is 11.1 Å². The van der Waals surface area contributed by atoms with Gasteiger partial charge < -0.3 is 19.5 Å². The molecule has 0 spiro atoms. The predicted molar refractivity (Wildman–Crippen MR) is 147 cm³/mol. The van der Waals surface area contributed by atoms with Gasteiger partial charge in [0.05, 0.1) is 30.0 Å². The number of rotatable bonds is 7. The molecule has 1 heterocycles. The fourth-order valence-electron chi connectivity index (χ4n) is 4.97. The van der Waals surface area contributed by atoms with E-state index in [2.05, 4.69) is 5.32 Å². The van der Waals surface area contributed by atoms with Crippen molar-refractivity contribution >= 4 is 40.7 Å². The second-order valence-electron chi connectivity index (χ2n) is 8.89. The number of carbonyl (C=O) groups excluding carboxylic acids is 2. The Hall–Kier alpha value is -3.74. The molecule has 6 nitrogen and oxygen atoms in total. The van der Waals surface area contributed by atoms with Gasteiger partial charge in [0.15, 0.2) is 17.3 Å². The maximum Gasteiger partial charge on any atom is 0.336 e. The standard InChI is InChI=1S/C30H25Cl2NO5/c1-4-37-23-14-18(13-22(32)29(23)38-15-17-9-5-8-12-21(17)31)25-24(30(35)36-3)16(2)33-27-19-10-6-7-11-20(19)28(34)26(25)27/h5-14,25,33H,4,15H2,1-3H3/t25-/m1/s1. The van der Waals surface area contributed by atoms with Gasteiger partial charge in [0.2, 0.25) is 0 Å². The Bertz CT molecular complexity index is 1520. The summed E-state index contributed by atoms with van der Waals surface area (Å²) in [6.45, 7) is 4.18. The number of carbonyl (C=O) groups is 2. The van der Waals surface area contributed by atoms with Gasteiger partial charge in [-0.15, -0.1) is 0 Å². The summed E-state index contributed by atoms with van der Waals surface area (Å²) in [7, 11) is 1.32. The van der Waals surface area contributed by atoms with E-state index in [1.807, 2.05) is 43.3 Å². The van der Waals surface area contributed by atoms with Crippen molar-refractivity contribution in [3.05, 3.63) is 110 Å². The third-order valence-electron chi connectivity index (χ3n) is 6.65. The molecule has 0 bridgehead atoms. The van der Waals surface area contributed by atoms with Crippen LogP contribution in [0.1, 0.15) is 46.8 Å².